The summed E-state index contributed by atoms with van der Waals surface area (Å²) >= 11 is 0. The second-order valence-electron chi connectivity index (χ2n) is 5.08. The van der Waals surface area contributed by atoms with Gasteiger partial charge in [0, 0.05) is 19.1 Å². The van der Waals surface area contributed by atoms with Gasteiger partial charge in [-0.1, -0.05) is 43.3 Å². The molecule has 2 nitrogen and oxygen atoms in total. The Kier molecular flexibility index (Phi) is 3.06. The molecule has 0 saturated heterocycles. The summed E-state index contributed by atoms with van der Waals surface area (Å²) in [6, 6.07) is 13.6. The van der Waals surface area contributed by atoms with Crippen molar-refractivity contribution in [2.75, 3.05) is 13.1 Å². The summed E-state index contributed by atoms with van der Waals surface area (Å²) < 4.78 is 0. The first-order valence-corrected chi connectivity index (χ1v) is 6.79. The number of nitrogens with zero attached hydrogens (tertiary/aromatic N) is 1. The predicted molar refractivity (Wildman–Crippen MR) is 76.4 cm³/mol. The maximum absolute atomic E-state index is 5.97. The van der Waals surface area contributed by atoms with Crippen molar-refractivity contribution in [3.8, 4) is 0 Å². The molecule has 0 amide bonds. The third kappa shape index (κ3) is 1.73. The van der Waals surface area contributed by atoms with Crippen molar-refractivity contribution in [1.29, 1.82) is 0 Å². The van der Waals surface area contributed by atoms with Crippen molar-refractivity contribution in [2.24, 2.45) is 5.73 Å². The highest BCUT2D eigenvalue weighted by atomic mass is 15.2. The molecule has 0 aromatic heterocycles. The van der Waals surface area contributed by atoms with Crippen LogP contribution in [0.25, 0.3) is 10.8 Å². The average molecular weight is 240 g/mol. The van der Waals surface area contributed by atoms with Crippen LogP contribution in [0.1, 0.15) is 30.5 Å². The lowest BCUT2D eigenvalue weighted by molar-refractivity contribution is 0.221. The molecule has 2 heteroatoms. The first-order valence-electron chi connectivity index (χ1n) is 6.79. The van der Waals surface area contributed by atoms with Gasteiger partial charge in [0.05, 0.1) is 0 Å². The zero-order valence-corrected chi connectivity index (χ0v) is 10.9. The van der Waals surface area contributed by atoms with Gasteiger partial charge in [-0.25, -0.2) is 0 Å². The Morgan fingerprint density at radius 2 is 2.06 bits per heavy atom. The van der Waals surface area contributed by atoms with E-state index in [9.17, 15) is 0 Å². The molecule has 2 aromatic rings. The van der Waals surface area contributed by atoms with Crippen LogP contribution in [-0.4, -0.2) is 18.0 Å². The molecule has 1 aliphatic heterocycles. The highest BCUT2D eigenvalue weighted by Crippen LogP contribution is 2.37. The van der Waals surface area contributed by atoms with Gasteiger partial charge < -0.3 is 5.73 Å². The molecule has 1 atom stereocenters. The molecule has 0 saturated carbocycles. The van der Waals surface area contributed by atoms with Gasteiger partial charge >= 0.3 is 0 Å². The van der Waals surface area contributed by atoms with Crippen molar-refractivity contribution >= 4 is 10.8 Å². The van der Waals surface area contributed by atoms with Gasteiger partial charge in [0.25, 0.3) is 0 Å². The van der Waals surface area contributed by atoms with E-state index in [0.717, 1.165) is 13.1 Å². The van der Waals surface area contributed by atoms with Gasteiger partial charge in [0.1, 0.15) is 0 Å². The molecule has 94 valence electrons. The van der Waals surface area contributed by atoms with Crippen LogP contribution < -0.4 is 5.73 Å². The van der Waals surface area contributed by atoms with Gasteiger partial charge in [0.15, 0.2) is 0 Å². The average Bonchev–Trinajstić information content (AvgIpc) is 2.77. The number of benzene rings is 2. The van der Waals surface area contributed by atoms with E-state index < -0.39 is 0 Å². The Labute approximate surface area is 108 Å². The Balaban J connectivity index is 2.12. The molecule has 0 bridgehead atoms. The summed E-state index contributed by atoms with van der Waals surface area (Å²) in [6.45, 7) is 5.12. The number of rotatable bonds is 3. The van der Waals surface area contributed by atoms with E-state index in [1.165, 1.54) is 28.3 Å². The lowest BCUT2D eigenvalue weighted by Gasteiger charge is -2.22. The highest BCUT2D eigenvalue weighted by Gasteiger charge is 2.29. The largest absolute Gasteiger partial charge is 0.329 e. The SMILES string of the molecule is CCCN1Cc2c(ccc3ccccc23)C1CN. The minimum absolute atomic E-state index is 0.407. The second-order valence-corrected chi connectivity index (χ2v) is 5.08. The molecular weight excluding hydrogens is 220 g/mol. The molecule has 1 aliphatic rings. The van der Waals surface area contributed by atoms with Crippen molar-refractivity contribution in [1.82, 2.24) is 4.90 Å². The van der Waals surface area contributed by atoms with Gasteiger partial charge in [0.2, 0.25) is 0 Å². The van der Waals surface area contributed by atoms with Crippen LogP contribution in [0.5, 0.6) is 0 Å². The maximum Gasteiger partial charge on any atom is 0.0477 e. The molecule has 1 unspecified atom stereocenters. The first-order chi connectivity index (χ1) is 8.85. The van der Waals surface area contributed by atoms with E-state index in [2.05, 4.69) is 48.2 Å². The summed E-state index contributed by atoms with van der Waals surface area (Å²) in [6.07, 6.45) is 1.18. The highest BCUT2D eigenvalue weighted by molar-refractivity contribution is 5.87. The van der Waals surface area contributed by atoms with Crippen LogP contribution >= 0.6 is 0 Å². The molecule has 2 N–H and O–H groups in total. The van der Waals surface area contributed by atoms with Crippen LogP contribution in [0, 0.1) is 0 Å². The molecule has 0 fully saturated rings. The van der Waals surface area contributed by atoms with Gasteiger partial charge in [-0.05, 0) is 34.9 Å². The fourth-order valence-corrected chi connectivity index (χ4v) is 3.15. The quantitative estimate of drug-likeness (QED) is 0.893. The van der Waals surface area contributed by atoms with Gasteiger partial charge in [-0.3, -0.25) is 4.90 Å². The molecule has 2 aromatic carbocycles. The van der Waals surface area contributed by atoms with Crippen molar-refractivity contribution < 1.29 is 0 Å². The standard InChI is InChI=1S/C16H20N2/c1-2-9-18-11-15-13-6-4-3-5-12(13)7-8-14(15)16(18)10-17/h3-8,16H,2,9-11,17H2,1H3. The number of hydrogen-bond donors (Lipinski definition) is 1. The zero-order chi connectivity index (χ0) is 12.5. The monoisotopic (exact) mass is 240 g/mol. The Morgan fingerprint density at radius 1 is 1.22 bits per heavy atom. The van der Waals surface area contributed by atoms with Crippen LogP contribution in [-0.2, 0) is 6.54 Å². The summed E-state index contributed by atoms with van der Waals surface area (Å²) in [7, 11) is 0. The van der Waals surface area contributed by atoms with Crippen LogP contribution in [0.2, 0.25) is 0 Å². The van der Waals surface area contributed by atoms with E-state index in [1.54, 1.807) is 0 Å². The number of hydrogen-bond acceptors (Lipinski definition) is 2. The fraction of sp³-hybridized carbons (Fsp3) is 0.375. The Bertz CT molecular complexity index is 562. The summed E-state index contributed by atoms with van der Waals surface area (Å²) in [5, 5.41) is 2.73. The maximum atomic E-state index is 5.97. The third-order valence-electron chi connectivity index (χ3n) is 3.97. The van der Waals surface area contributed by atoms with Crippen molar-refractivity contribution in [2.45, 2.75) is 25.9 Å². The minimum Gasteiger partial charge on any atom is -0.329 e. The van der Waals surface area contributed by atoms with Crippen molar-refractivity contribution in [3.63, 3.8) is 0 Å². The molecule has 3 rings (SSSR count). The second kappa shape index (κ2) is 4.71. The number of nitrogens with two attached hydrogens (primary N) is 1. The predicted octanol–water partition coefficient (Wildman–Crippen LogP) is 3.07. The molecule has 1 heterocycles. The summed E-state index contributed by atoms with van der Waals surface area (Å²) in [5.74, 6) is 0. The van der Waals surface area contributed by atoms with E-state index in [-0.39, 0.29) is 0 Å². The number of fused-ring (bicyclic) bond motifs is 3. The lowest BCUT2D eigenvalue weighted by Crippen LogP contribution is -2.28. The van der Waals surface area contributed by atoms with E-state index in [0.29, 0.717) is 12.6 Å². The van der Waals surface area contributed by atoms with E-state index in [1.807, 2.05) is 0 Å². The molecule has 0 spiro atoms. The van der Waals surface area contributed by atoms with E-state index in [4.69, 9.17) is 5.73 Å². The third-order valence-corrected chi connectivity index (χ3v) is 3.97. The minimum atomic E-state index is 0.407. The molecular formula is C16H20N2. The smallest absolute Gasteiger partial charge is 0.0477 e. The first kappa shape index (κ1) is 11.7. The Hall–Kier alpha value is -1.38. The Morgan fingerprint density at radius 3 is 2.83 bits per heavy atom. The molecule has 18 heavy (non-hydrogen) atoms. The normalized spacial score (nSPS) is 19.3. The topological polar surface area (TPSA) is 29.3 Å². The van der Waals surface area contributed by atoms with Crippen molar-refractivity contribution in [3.05, 3.63) is 47.5 Å². The lowest BCUT2D eigenvalue weighted by atomic mass is 9.98. The summed E-state index contributed by atoms with van der Waals surface area (Å²) in [5.41, 5.74) is 8.89. The van der Waals surface area contributed by atoms with E-state index >= 15 is 0 Å². The fourth-order valence-electron chi connectivity index (χ4n) is 3.15. The van der Waals surface area contributed by atoms with Crippen LogP contribution in [0.3, 0.4) is 0 Å². The zero-order valence-electron chi connectivity index (χ0n) is 10.9. The van der Waals surface area contributed by atoms with Crippen LogP contribution in [0.4, 0.5) is 0 Å². The molecule has 0 radical (unpaired) electrons. The van der Waals surface area contributed by atoms with Crippen LogP contribution in [0.15, 0.2) is 36.4 Å². The van der Waals surface area contributed by atoms with Gasteiger partial charge in [-0.2, -0.15) is 0 Å². The van der Waals surface area contributed by atoms with Gasteiger partial charge in [-0.15, -0.1) is 0 Å². The molecule has 0 aliphatic carbocycles. The summed E-state index contributed by atoms with van der Waals surface area (Å²) in [4.78, 5) is 2.51.